The topological polar surface area (TPSA) is 83.9 Å². The Hall–Kier alpha value is -1.60. The lowest BCUT2D eigenvalue weighted by Gasteiger charge is -2.33. The fourth-order valence-electron chi connectivity index (χ4n) is 2.72. The number of esters is 1. The number of sulfone groups is 1. The molecule has 2 rings (SSSR count). The molecule has 0 radical (unpaired) electrons. The Morgan fingerprint density at radius 1 is 1.41 bits per heavy atom. The minimum Gasteiger partial charge on any atom is -0.465 e. The van der Waals surface area contributed by atoms with Gasteiger partial charge in [-0.25, -0.2) is 13.2 Å². The number of β-amino-alcohol motifs (C(OH)–C–C–N with tert-alkyl or cyclic N) is 1. The molecule has 1 aromatic rings. The first-order valence-electron chi connectivity index (χ1n) is 7.10. The van der Waals surface area contributed by atoms with Gasteiger partial charge in [-0.2, -0.15) is 0 Å². The van der Waals surface area contributed by atoms with Crippen LogP contribution in [0.4, 0.5) is 5.69 Å². The van der Waals surface area contributed by atoms with Crippen LogP contribution < -0.4 is 4.90 Å². The predicted molar refractivity (Wildman–Crippen MR) is 83.1 cm³/mol. The summed E-state index contributed by atoms with van der Waals surface area (Å²) < 4.78 is 28.9. The minimum absolute atomic E-state index is 0.0904. The molecule has 1 N–H and O–H groups in total. The van der Waals surface area contributed by atoms with Gasteiger partial charge in [-0.05, 0) is 37.5 Å². The summed E-state index contributed by atoms with van der Waals surface area (Å²) in [4.78, 5) is 13.7. The Balaban J connectivity index is 2.58. The van der Waals surface area contributed by atoms with Crippen LogP contribution in [0.15, 0.2) is 17.0 Å². The number of ether oxygens (including phenoxy) is 1. The first-order valence-corrected chi connectivity index (χ1v) is 8.99. The third kappa shape index (κ3) is 3.41. The molecule has 1 saturated heterocycles. The quantitative estimate of drug-likeness (QED) is 0.838. The van der Waals surface area contributed by atoms with Crippen LogP contribution in [0.3, 0.4) is 0 Å². The molecule has 22 heavy (non-hydrogen) atoms. The largest absolute Gasteiger partial charge is 0.465 e. The van der Waals surface area contributed by atoms with Crippen LogP contribution >= 0.6 is 0 Å². The molecule has 1 aliphatic heterocycles. The van der Waals surface area contributed by atoms with Gasteiger partial charge in [0.05, 0.1) is 29.4 Å². The molecule has 1 fully saturated rings. The van der Waals surface area contributed by atoms with Crippen LogP contribution in [0.5, 0.6) is 0 Å². The summed E-state index contributed by atoms with van der Waals surface area (Å²) in [7, 11) is -2.25. The smallest absolute Gasteiger partial charge is 0.338 e. The van der Waals surface area contributed by atoms with E-state index >= 15 is 0 Å². The van der Waals surface area contributed by atoms with Crippen molar-refractivity contribution in [2.45, 2.75) is 30.8 Å². The Morgan fingerprint density at radius 3 is 2.64 bits per heavy atom. The molecular formula is C15H21NO5S. The fraction of sp³-hybridized carbons (Fsp3) is 0.533. The molecule has 0 spiro atoms. The number of piperidine rings is 1. The lowest BCUT2D eigenvalue weighted by atomic mass is 10.0. The number of carbonyl (C=O) groups excluding carboxylic acids is 1. The normalized spacial score (nSPS) is 19.1. The van der Waals surface area contributed by atoms with E-state index in [0.29, 0.717) is 30.8 Å². The Kier molecular flexibility index (Phi) is 4.77. The van der Waals surface area contributed by atoms with Crippen LogP contribution in [0.2, 0.25) is 0 Å². The molecule has 7 heteroatoms. The number of rotatable bonds is 3. The van der Waals surface area contributed by atoms with E-state index in [2.05, 4.69) is 0 Å². The van der Waals surface area contributed by atoms with Crippen molar-refractivity contribution >= 4 is 21.5 Å². The van der Waals surface area contributed by atoms with Gasteiger partial charge in [0.15, 0.2) is 9.84 Å². The summed E-state index contributed by atoms with van der Waals surface area (Å²) >= 11 is 0. The highest BCUT2D eigenvalue weighted by atomic mass is 32.2. The van der Waals surface area contributed by atoms with Crippen molar-refractivity contribution in [3.63, 3.8) is 0 Å². The maximum absolute atomic E-state index is 12.1. The SMILES string of the molecule is COC(=O)c1cc(S(C)(=O)=O)c(N2CCCC(O)C2)cc1C. The van der Waals surface area contributed by atoms with E-state index in [1.165, 1.54) is 13.2 Å². The third-order valence-corrected chi connectivity index (χ3v) is 4.97. The summed E-state index contributed by atoms with van der Waals surface area (Å²) in [6.45, 7) is 2.80. The molecule has 0 bridgehead atoms. The van der Waals surface area contributed by atoms with Gasteiger partial charge in [-0.3, -0.25) is 0 Å². The number of hydrogen-bond donors (Lipinski definition) is 1. The maximum Gasteiger partial charge on any atom is 0.338 e. The number of aliphatic hydroxyl groups excluding tert-OH is 1. The summed E-state index contributed by atoms with van der Waals surface area (Å²) in [5.74, 6) is -0.562. The van der Waals surface area contributed by atoms with Crippen molar-refractivity contribution in [3.8, 4) is 0 Å². The maximum atomic E-state index is 12.1. The molecule has 6 nitrogen and oxygen atoms in total. The van der Waals surface area contributed by atoms with E-state index in [0.717, 1.165) is 12.7 Å². The molecule has 0 aromatic heterocycles. The van der Waals surface area contributed by atoms with E-state index < -0.39 is 21.9 Å². The molecule has 0 saturated carbocycles. The number of aryl methyl sites for hydroxylation is 1. The first-order chi connectivity index (χ1) is 10.2. The summed E-state index contributed by atoms with van der Waals surface area (Å²) in [6, 6.07) is 3.05. The van der Waals surface area contributed by atoms with Crippen molar-refractivity contribution in [1.29, 1.82) is 0 Å². The molecule has 0 amide bonds. The lowest BCUT2D eigenvalue weighted by Crippen LogP contribution is -2.39. The highest BCUT2D eigenvalue weighted by Gasteiger charge is 2.26. The second kappa shape index (κ2) is 6.26. The number of methoxy groups -OCH3 is 1. The van der Waals surface area contributed by atoms with E-state index in [1.807, 2.05) is 4.90 Å². The minimum atomic E-state index is -3.51. The Morgan fingerprint density at radius 2 is 2.09 bits per heavy atom. The van der Waals surface area contributed by atoms with Gasteiger partial charge in [0.2, 0.25) is 0 Å². The first kappa shape index (κ1) is 16.8. The number of aliphatic hydroxyl groups is 1. The monoisotopic (exact) mass is 327 g/mol. The van der Waals surface area contributed by atoms with Gasteiger partial charge in [-0.15, -0.1) is 0 Å². The van der Waals surface area contributed by atoms with Crippen LogP contribution in [-0.2, 0) is 14.6 Å². The summed E-state index contributed by atoms with van der Waals surface area (Å²) in [5, 5.41) is 9.82. The molecular weight excluding hydrogens is 306 g/mol. The molecule has 1 aromatic carbocycles. The van der Waals surface area contributed by atoms with E-state index in [9.17, 15) is 18.3 Å². The zero-order chi connectivity index (χ0) is 16.5. The lowest BCUT2D eigenvalue weighted by molar-refractivity contribution is 0.0599. The average molecular weight is 327 g/mol. The van der Waals surface area contributed by atoms with Gasteiger partial charge in [0.1, 0.15) is 0 Å². The van der Waals surface area contributed by atoms with Crippen LogP contribution in [0.25, 0.3) is 0 Å². The van der Waals surface area contributed by atoms with Crippen LogP contribution in [0.1, 0.15) is 28.8 Å². The number of benzene rings is 1. The Bertz CT molecular complexity index is 683. The average Bonchev–Trinajstić information content (AvgIpc) is 2.45. The fourth-order valence-corrected chi connectivity index (χ4v) is 3.62. The number of anilines is 1. The second-order valence-electron chi connectivity index (χ2n) is 5.64. The number of carbonyl (C=O) groups is 1. The number of nitrogens with zero attached hydrogens (tertiary/aromatic N) is 1. The van der Waals surface area contributed by atoms with Gasteiger partial charge in [0.25, 0.3) is 0 Å². The molecule has 1 heterocycles. The van der Waals surface area contributed by atoms with Gasteiger partial charge >= 0.3 is 5.97 Å². The highest BCUT2D eigenvalue weighted by molar-refractivity contribution is 7.90. The van der Waals surface area contributed by atoms with Crippen molar-refractivity contribution in [1.82, 2.24) is 0 Å². The zero-order valence-corrected chi connectivity index (χ0v) is 13.8. The van der Waals surface area contributed by atoms with Crippen LogP contribution in [0, 0.1) is 6.92 Å². The van der Waals surface area contributed by atoms with Gasteiger partial charge in [-0.1, -0.05) is 0 Å². The van der Waals surface area contributed by atoms with E-state index in [4.69, 9.17) is 4.74 Å². The van der Waals surface area contributed by atoms with E-state index in [1.54, 1.807) is 13.0 Å². The van der Waals surface area contributed by atoms with Crippen molar-refractivity contribution < 1.29 is 23.1 Å². The number of hydrogen-bond acceptors (Lipinski definition) is 6. The van der Waals surface area contributed by atoms with Crippen LogP contribution in [-0.4, -0.2) is 52.1 Å². The predicted octanol–water partition coefficient (Wildman–Crippen LogP) is 1.15. The highest BCUT2D eigenvalue weighted by Crippen LogP contribution is 2.31. The molecule has 122 valence electrons. The van der Waals surface area contributed by atoms with E-state index in [-0.39, 0.29) is 10.5 Å². The summed E-state index contributed by atoms with van der Waals surface area (Å²) in [6.07, 6.45) is 2.15. The van der Waals surface area contributed by atoms with Crippen molar-refractivity contribution in [3.05, 3.63) is 23.3 Å². The van der Waals surface area contributed by atoms with Crippen molar-refractivity contribution in [2.24, 2.45) is 0 Å². The zero-order valence-electron chi connectivity index (χ0n) is 13.0. The van der Waals surface area contributed by atoms with Gasteiger partial charge in [0, 0.05) is 19.3 Å². The van der Waals surface area contributed by atoms with Gasteiger partial charge < -0.3 is 14.7 Å². The standard InChI is InChI=1S/C15H21NO5S/c1-10-7-13(16-6-4-5-11(17)9-16)14(22(3,19)20)8-12(10)15(18)21-2/h7-8,11,17H,4-6,9H2,1-3H3. The Labute approximate surface area is 130 Å². The molecule has 1 aliphatic rings. The molecule has 1 unspecified atom stereocenters. The third-order valence-electron chi connectivity index (χ3n) is 3.85. The second-order valence-corrected chi connectivity index (χ2v) is 7.62. The summed E-state index contributed by atoms with van der Waals surface area (Å²) in [5.41, 5.74) is 1.42. The molecule has 1 atom stereocenters. The van der Waals surface area contributed by atoms with Crippen molar-refractivity contribution in [2.75, 3.05) is 31.4 Å². The molecule has 0 aliphatic carbocycles.